The molecule has 3 heteroatoms. The molecule has 0 saturated heterocycles. The Morgan fingerprint density at radius 3 is 1.35 bits per heavy atom. The Labute approximate surface area is 269 Å². The molecule has 0 unspecified atom stereocenters. The van der Waals surface area contributed by atoms with Gasteiger partial charge in [0.1, 0.15) is 5.58 Å². The minimum absolute atomic E-state index is 0.849. The molecule has 8 rings (SSSR count). The van der Waals surface area contributed by atoms with Gasteiger partial charge in [-0.25, -0.2) is 0 Å². The highest BCUT2D eigenvalue weighted by Crippen LogP contribution is 2.42. The molecule has 8 aromatic rings. The number of rotatable bonds is 8. The van der Waals surface area contributed by atoms with Gasteiger partial charge < -0.3 is 14.2 Å². The molecule has 0 saturated carbocycles. The first-order chi connectivity index (χ1) is 22.8. The van der Waals surface area contributed by atoms with Crippen LogP contribution in [0.4, 0.5) is 34.1 Å². The van der Waals surface area contributed by atoms with Crippen molar-refractivity contribution in [2.45, 2.75) is 6.42 Å². The number of hydrogen-bond donors (Lipinski definition) is 0. The normalized spacial score (nSPS) is 11.1. The number of para-hydroxylation sites is 5. The molecule has 0 aliphatic heterocycles. The Balaban J connectivity index is 1.10. The van der Waals surface area contributed by atoms with Gasteiger partial charge in [-0.3, -0.25) is 0 Å². The van der Waals surface area contributed by atoms with Crippen LogP contribution in [0.15, 0.2) is 186 Å². The van der Waals surface area contributed by atoms with E-state index in [1.165, 1.54) is 11.1 Å². The lowest BCUT2D eigenvalue weighted by molar-refractivity contribution is 0.669. The number of benzene rings is 7. The number of nitrogens with zero attached hydrogens (tertiary/aromatic N) is 2. The molecule has 0 spiro atoms. The van der Waals surface area contributed by atoms with Crippen molar-refractivity contribution in [3.8, 4) is 0 Å². The smallest absolute Gasteiger partial charge is 0.159 e. The fourth-order valence-corrected chi connectivity index (χ4v) is 6.28. The van der Waals surface area contributed by atoms with Crippen molar-refractivity contribution < 1.29 is 4.42 Å². The molecule has 0 radical (unpaired) electrons. The molecule has 0 bridgehead atoms. The van der Waals surface area contributed by atoms with Crippen molar-refractivity contribution >= 4 is 56.1 Å². The summed E-state index contributed by atoms with van der Waals surface area (Å²) < 4.78 is 6.45. The van der Waals surface area contributed by atoms with Crippen LogP contribution < -0.4 is 9.80 Å². The van der Waals surface area contributed by atoms with Gasteiger partial charge in [-0.15, -0.1) is 0 Å². The maximum absolute atomic E-state index is 6.45. The molecule has 0 N–H and O–H groups in total. The summed E-state index contributed by atoms with van der Waals surface area (Å²) in [7, 11) is 0. The summed E-state index contributed by atoms with van der Waals surface area (Å²) >= 11 is 0. The molecule has 1 aromatic heterocycles. The van der Waals surface area contributed by atoms with Crippen molar-refractivity contribution in [1.29, 1.82) is 0 Å². The number of furan rings is 1. The molecule has 0 aliphatic rings. The van der Waals surface area contributed by atoms with Gasteiger partial charge in [0.05, 0.1) is 5.69 Å². The van der Waals surface area contributed by atoms with Gasteiger partial charge >= 0.3 is 0 Å². The van der Waals surface area contributed by atoms with Crippen molar-refractivity contribution in [3.63, 3.8) is 0 Å². The zero-order valence-corrected chi connectivity index (χ0v) is 25.3. The van der Waals surface area contributed by atoms with Crippen molar-refractivity contribution in [2.24, 2.45) is 0 Å². The van der Waals surface area contributed by atoms with E-state index >= 15 is 0 Å². The minimum Gasteiger partial charge on any atom is -0.454 e. The van der Waals surface area contributed by atoms with E-state index < -0.39 is 0 Å². The topological polar surface area (TPSA) is 19.6 Å². The van der Waals surface area contributed by atoms with Crippen molar-refractivity contribution in [2.75, 3.05) is 9.80 Å². The number of hydrogen-bond acceptors (Lipinski definition) is 3. The van der Waals surface area contributed by atoms with E-state index in [-0.39, 0.29) is 0 Å². The highest BCUT2D eigenvalue weighted by Gasteiger charge is 2.19. The zero-order chi connectivity index (χ0) is 30.7. The van der Waals surface area contributed by atoms with Crippen LogP contribution in [0.1, 0.15) is 11.1 Å². The summed E-state index contributed by atoms with van der Waals surface area (Å²) in [5.41, 5.74) is 10.9. The summed E-state index contributed by atoms with van der Waals surface area (Å²) in [6.07, 6.45) is 0.849. The quantitative estimate of drug-likeness (QED) is 0.175. The second-order valence-corrected chi connectivity index (χ2v) is 11.4. The SMILES string of the molecule is c1ccc(N(c2ccccc2)c2ccc(Cc3ccc(N(c4ccccc4)c4cccc5c4oc4ccccc45)cc3)cc2)cc1. The minimum atomic E-state index is 0.849. The standard InChI is InChI=1S/C43H32N2O/c1-4-13-34(14-5-1)44(35-15-6-2-7-16-35)37-27-23-32(24-28-37)31-33-25-29-38(30-26-33)45(36-17-8-3-9-18-36)41-21-12-20-40-39-19-10-11-22-42(39)46-43(40)41/h1-30H,31H2. The summed E-state index contributed by atoms with van der Waals surface area (Å²) in [6, 6.07) is 64.0. The molecular formula is C43H32N2O. The molecule has 3 nitrogen and oxygen atoms in total. The fraction of sp³-hybridized carbons (Fsp3) is 0.0233. The van der Waals surface area contributed by atoms with E-state index in [2.05, 4.69) is 180 Å². The molecule has 0 amide bonds. The van der Waals surface area contributed by atoms with E-state index in [1.54, 1.807) is 0 Å². The van der Waals surface area contributed by atoms with E-state index in [1.807, 2.05) is 12.1 Å². The largest absolute Gasteiger partial charge is 0.454 e. The van der Waals surface area contributed by atoms with Gasteiger partial charge in [-0.2, -0.15) is 0 Å². The Kier molecular flexibility index (Phi) is 7.26. The van der Waals surface area contributed by atoms with Gasteiger partial charge in [-0.05, 0) is 90.3 Å². The van der Waals surface area contributed by atoms with E-state index in [0.29, 0.717) is 0 Å². The van der Waals surface area contributed by atoms with Crippen molar-refractivity contribution in [1.82, 2.24) is 0 Å². The molecule has 1 heterocycles. The molecule has 0 aliphatic carbocycles. The summed E-state index contributed by atoms with van der Waals surface area (Å²) in [6.45, 7) is 0. The van der Waals surface area contributed by atoms with Gasteiger partial charge in [0.25, 0.3) is 0 Å². The van der Waals surface area contributed by atoms with Crippen LogP contribution >= 0.6 is 0 Å². The van der Waals surface area contributed by atoms with Crippen LogP contribution in [0.3, 0.4) is 0 Å². The lowest BCUT2D eigenvalue weighted by Crippen LogP contribution is -2.10. The van der Waals surface area contributed by atoms with E-state index in [9.17, 15) is 0 Å². The highest BCUT2D eigenvalue weighted by molar-refractivity contribution is 6.10. The maximum atomic E-state index is 6.45. The Bertz CT molecular complexity index is 2170. The number of anilines is 6. The first-order valence-electron chi connectivity index (χ1n) is 15.7. The average Bonchev–Trinajstić information content (AvgIpc) is 3.51. The predicted octanol–water partition coefficient (Wildman–Crippen LogP) is 12.1. The third-order valence-electron chi connectivity index (χ3n) is 8.46. The lowest BCUT2D eigenvalue weighted by Gasteiger charge is -2.26. The molecule has 46 heavy (non-hydrogen) atoms. The lowest BCUT2D eigenvalue weighted by atomic mass is 10.0. The average molecular weight is 593 g/mol. The Morgan fingerprint density at radius 2 is 0.783 bits per heavy atom. The monoisotopic (exact) mass is 592 g/mol. The summed E-state index contributed by atoms with van der Waals surface area (Å²) in [5.74, 6) is 0. The second-order valence-electron chi connectivity index (χ2n) is 11.4. The van der Waals surface area contributed by atoms with E-state index in [4.69, 9.17) is 4.42 Å². The van der Waals surface area contributed by atoms with E-state index in [0.717, 1.165) is 62.5 Å². The number of fused-ring (bicyclic) bond motifs is 3. The van der Waals surface area contributed by atoms with Crippen LogP contribution in [0.25, 0.3) is 21.9 Å². The molecular weight excluding hydrogens is 560 g/mol. The van der Waals surface area contributed by atoms with Crippen molar-refractivity contribution in [3.05, 3.63) is 193 Å². The second kappa shape index (κ2) is 12.1. The Hall–Kier alpha value is -6.06. The molecule has 0 atom stereocenters. The first-order valence-corrected chi connectivity index (χ1v) is 15.7. The van der Waals surface area contributed by atoms with Crippen LogP contribution in [0.2, 0.25) is 0 Å². The maximum Gasteiger partial charge on any atom is 0.159 e. The molecule has 7 aromatic carbocycles. The molecule has 0 fully saturated rings. The van der Waals surface area contributed by atoms with Crippen LogP contribution in [0.5, 0.6) is 0 Å². The highest BCUT2D eigenvalue weighted by atomic mass is 16.3. The van der Waals surface area contributed by atoms with Gasteiger partial charge in [0.2, 0.25) is 0 Å². The first kappa shape index (κ1) is 27.5. The summed E-state index contributed by atoms with van der Waals surface area (Å²) in [4.78, 5) is 4.57. The molecule has 220 valence electrons. The third-order valence-corrected chi connectivity index (χ3v) is 8.46. The van der Waals surface area contributed by atoms with Crippen LogP contribution in [0, 0.1) is 0 Å². The Morgan fingerprint density at radius 1 is 0.348 bits per heavy atom. The fourth-order valence-electron chi connectivity index (χ4n) is 6.28. The third kappa shape index (κ3) is 5.29. The van der Waals surface area contributed by atoms with Crippen LogP contribution in [-0.2, 0) is 6.42 Å². The predicted molar refractivity (Wildman–Crippen MR) is 192 cm³/mol. The van der Waals surface area contributed by atoms with Gasteiger partial charge in [0, 0.05) is 39.2 Å². The van der Waals surface area contributed by atoms with Gasteiger partial charge in [-0.1, -0.05) is 109 Å². The van der Waals surface area contributed by atoms with Gasteiger partial charge in [0.15, 0.2) is 5.58 Å². The zero-order valence-electron chi connectivity index (χ0n) is 25.3. The van der Waals surface area contributed by atoms with Crippen LogP contribution in [-0.4, -0.2) is 0 Å². The summed E-state index contributed by atoms with van der Waals surface area (Å²) in [5, 5.41) is 2.25.